The predicted molar refractivity (Wildman–Crippen MR) is 72.6 cm³/mol. The van der Waals surface area contributed by atoms with Gasteiger partial charge in [-0.1, -0.05) is 18.2 Å². The Bertz CT molecular complexity index is 435. The van der Waals surface area contributed by atoms with Crippen molar-refractivity contribution in [1.82, 2.24) is 0 Å². The van der Waals surface area contributed by atoms with E-state index in [2.05, 4.69) is 50.4 Å². The summed E-state index contributed by atoms with van der Waals surface area (Å²) in [6.07, 6.45) is 9.46. The molecular formula is C13H14S2. The average Bonchev–Trinajstić information content (AvgIpc) is 2.54. The topological polar surface area (TPSA) is 0 Å². The summed E-state index contributed by atoms with van der Waals surface area (Å²) in [5.41, 5.74) is 1.41. The van der Waals surface area contributed by atoms with Crippen molar-refractivity contribution in [3.05, 3.63) is 51.1 Å². The molecule has 2 rings (SSSR count). The minimum absolute atomic E-state index is 0.267. The van der Waals surface area contributed by atoms with Crippen LogP contribution in [0.2, 0.25) is 0 Å². The number of allylic oxidation sites excluding steroid dienone is 4. The Morgan fingerprint density at radius 1 is 1.60 bits per heavy atom. The van der Waals surface area contributed by atoms with Crippen molar-refractivity contribution < 1.29 is 0 Å². The number of hydrogen-bond acceptors (Lipinski definition) is 2. The molecule has 2 heteroatoms. The van der Waals surface area contributed by atoms with Gasteiger partial charge in [-0.3, -0.25) is 0 Å². The second-order valence-electron chi connectivity index (χ2n) is 3.70. The molecule has 1 aliphatic carbocycles. The highest BCUT2D eigenvalue weighted by molar-refractivity contribution is 7.84. The summed E-state index contributed by atoms with van der Waals surface area (Å²) in [6, 6.07) is 2.26. The number of hydrogen-bond donors (Lipinski definition) is 1. The second-order valence-corrected chi connectivity index (χ2v) is 5.50. The molecule has 0 nitrogen and oxygen atoms in total. The Balaban J connectivity index is 2.42. The molecule has 15 heavy (non-hydrogen) atoms. The normalized spacial score (nSPS) is 22.3. The summed E-state index contributed by atoms with van der Waals surface area (Å²) in [4.78, 5) is 3.84. The molecule has 0 bridgehead atoms. The fourth-order valence-electron chi connectivity index (χ4n) is 1.73. The predicted octanol–water partition coefficient (Wildman–Crippen LogP) is 4.24. The minimum Gasteiger partial charge on any atom is -0.147 e. The zero-order valence-corrected chi connectivity index (χ0v) is 10.4. The number of rotatable bonds is 1. The molecule has 1 aromatic heterocycles. The van der Waals surface area contributed by atoms with E-state index in [9.17, 15) is 0 Å². The van der Waals surface area contributed by atoms with Gasteiger partial charge in [0.25, 0.3) is 0 Å². The van der Waals surface area contributed by atoms with Crippen LogP contribution in [0.1, 0.15) is 15.3 Å². The van der Waals surface area contributed by atoms with Crippen molar-refractivity contribution >= 4 is 30.0 Å². The van der Waals surface area contributed by atoms with Gasteiger partial charge in [0.05, 0.1) is 0 Å². The second kappa shape index (κ2) is 4.42. The SMILES string of the molecule is C=CC1/C=C\c2sc(C)cc2CC=C1S. The third kappa shape index (κ3) is 2.27. The summed E-state index contributed by atoms with van der Waals surface area (Å²) in [6.45, 7) is 5.98. The van der Waals surface area contributed by atoms with E-state index in [1.54, 1.807) is 0 Å². The fraction of sp³-hybridized carbons (Fsp3) is 0.231. The quantitative estimate of drug-likeness (QED) is 0.545. The summed E-state index contributed by atoms with van der Waals surface area (Å²) in [7, 11) is 0. The molecule has 1 unspecified atom stereocenters. The smallest absolute Gasteiger partial charge is 0.0305 e. The van der Waals surface area contributed by atoms with Crippen LogP contribution in [-0.4, -0.2) is 0 Å². The third-order valence-electron chi connectivity index (χ3n) is 2.55. The number of thiol groups is 1. The molecule has 0 N–H and O–H groups in total. The van der Waals surface area contributed by atoms with Crippen molar-refractivity contribution in [2.24, 2.45) is 5.92 Å². The molecule has 0 aliphatic heterocycles. The maximum absolute atomic E-state index is 4.49. The summed E-state index contributed by atoms with van der Waals surface area (Å²) in [5, 5.41) is 0. The molecule has 1 atom stereocenters. The van der Waals surface area contributed by atoms with Crippen LogP contribution in [0.4, 0.5) is 0 Å². The Labute approximate surface area is 100 Å². The highest BCUT2D eigenvalue weighted by atomic mass is 32.1. The number of fused-ring (bicyclic) bond motifs is 1. The Morgan fingerprint density at radius 3 is 3.13 bits per heavy atom. The Kier molecular flexibility index (Phi) is 3.17. The molecule has 0 spiro atoms. The molecule has 0 aromatic carbocycles. The van der Waals surface area contributed by atoms with Crippen LogP contribution in [-0.2, 0) is 6.42 Å². The van der Waals surface area contributed by atoms with E-state index < -0.39 is 0 Å². The van der Waals surface area contributed by atoms with Crippen LogP contribution in [0.25, 0.3) is 6.08 Å². The average molecular weight is 234 g/mol. The maximum Gasteiger partial charge on any atom is 0.0305 e. The molecule has 0 radical (unpaired) electrons. The van der Waals surface area contributed by atoms with Gasteiger partial charge in [0, 0.05) is 15.7 Å². The van der Waals surface area contributed by atoms with Crippen molar-refractivity contribution in [3.63, 3.8) is 0 Å². The lowest BCUT2D eigenvalue weighted by molar-refractivity contribution is 1.04. The molecule has 0 fully saturated rings. The largest absolute Gasteiger partial charge is 0.147 e. The highest BCUT2D eigenvalue weighted by Crippen LogP contribution is 2.29. The first kappa shape index (κ1) is 10.8. The summed E-state index contributed by atoms with van der Waals surface area (Å²) >= 11 is 6.34. The standard InChI is InChI=1S/C13H14S2/c1-3-10-5-7-13-11(4-6-12(10)14)8-9(2)15-13/h3,5-8,10,14H,1,4H2,2H3/b7-5-,12-6?. The molecule has 1 aliphatic rings. The van der Waals surface area contributed by atoms with Crippen LogP contribution >= 0.6 is 24.0 Å². The van der Waals surface area contributed by atoms with E-state index in [-0.39, 0.29) is 5.92 Å². The van der Waals surface area contributed by atoms with Gasteiger partial charge in [-0.15, -0.1) is 30.5 Å². The molecule has 1 aromatic rings. The van der Waals surface area contributed by atoms with E-state index >= 15 is 0 Å². The summed E-state index contributed by atoms with van der Waals surface area (Å²) < 4.78 is 0. The Morgan fingerprint density at radius 2 is 2.40 bits per heavy atom. The minimum atomic E-state index is 0.267. The van der Waals surface area contributed by atoms with Crippen molar-refractivity contribution in [3.8, 4) is 0 Å². The van der Waals surface area contributed by atoms with Crippen molar-refractivity contribution in [2.75, 3.05) is 0 Å². The van der Waals surface area contributed by atoms with E-state index in [0.29, 0.717) is 0 Å². The first-order valence-electron chi connectivity index (χ1n) is 5.00. The molecule has 0 saturated carbocycles. The molecule has 78 valence electrons. The lowest BCUT2D eigenvalue weighted by atomic mass is 10.0. The van der Waals surface area contributed by atoms with E-state index in [0.717, 1.165) is 11.3 Å². The molecule has 0 amide bonds. The lowest BCUT2D eigenvalue weighted by Gasteiger charge is -2.10. The van der Waals surface area contributed by atoms with Gasteiger partial charge >= 0.3 is 0 Å². The van der Waals surface area contributed by atoms with Gasteiger partial charge in [0.1, 0.15) is 0 Å². The Hall–Kier alpha value is -0.730. The van der Waals surface area contributed by atoms with Gasteiger partial charge < -0.3 is 0 Å². The van der Waals surface area contributed by atoms with Gasteiger partial charge in [-0.2, -0.15) is 0 Å². The zero-order chi connectivity index (χ0) is 10.8. The molecular weight excluding hydrogens is 220 g/mol. The van der Waals surface area contributed by atoms with E-state index in [4.69, 9.17) is 0 Å². The van der Waals surface area contributed by atoms with Crippen LogP contribution in [0.5, 0.6) is 0 Å². The van der Waals surface area contributed by atoms with Crippen LogP contribution in [0.15, 0.2) is 35.8 Å². The van der Waals surface area contributed by atoms with Crippen LogP contribution < -0.4 is 0 Å². The van der Waals surface area contributed by atoms with E-state index in [1.165, 1.54) is 15.3 Å². The van der Waals surface area contributed by atoms with Gasteiger partial charge in [-0.25, -0.2) is 0 Å². The molecule has 0 saturated heterocycles. The third-order valence-corrected chi connectivity index (χ3v) is 4.09. The molecule has 1 heterocycles. The first-order chi connectivity index (χ1) is 7.20. The fourth-order valence-corrected chi connectivity index (χ4v) is 2.98. The van der Waals surface area contributed by atoms with Crippen molar-refractivity contribution in [2.45, 2.75) is 13.3 Å². The first-order valence-corrected chi connectivity index (χ1v) is 6.26. The van der Waals surface area contributed by atoms with Gasteiger partial charge in [0.2, 0.25) is 0 Å². The van der Waals surface area contributed by atoms with Crippen molar-refractivity contribution in [1.29, 1.82) is 0 Å². The monoisotopic (exact) mass is 234 g/mol. The maximum atomic E-state index is 4.49. The number of aryl methyl sites for hydroxylation is 1. The lowest BCUT2D eigenvalue weighted by Crippen LogP contribution is -1.95. The summed E-state index contributed by atoms with van der Waals surface area (Å²) in [5.74, 6) is 0.267. The van der Waals surface area contributed by atoms with Gasteiger partial charge in [-0.05, 0) is 36.0 Å². The number of thiophene rings is 1. The van der Waals surface area contributed by atoms with Gasteiger partial charge in [0.15, 0.2) is 0 Å². The highest BCUT2D eigenvalue weighted by Gasteiger charge is 2.09. The van der Waals surface area contributed by atoms with Crippen LogP contribution in [0.3, 0.4) is 0 Å². The van der Waals surface area contributed by atoms with Crippen LogP contribution in [0, 0.1) is 12.8 Å². The van der Waals surface area contributed by atoms with E-state index in [1.807, 2.05) is 17.4 Å². The zero-order valence-electron chi connectivity index (χ0n) is 8.73.